The van der Waals surface area contributed by atoms with Gasteiger partial charge in [0.15, 0.2) is 0 Å². The number of fused-ring (bicyclic) bond motifs is 1. The maximum Gasteiger partial charge on any atom is 0.139 e. The van der Waals surface area contributed by atoms with Gasteiger partial charge in [-0.3, -0.25) is 0 Å². The van der Waals surface area contributed by atoms with Crippen LogP contribution in [0, 0.1) is 23.2 Å². The second kappa shape index (κ2) is 9.67. The fourth-order valence-electron chi connectivity index (χ4n) is 6.65. The zero-order valence-corrected chi connectivity index (χ0v) is 20.3. The molecular weight excluding hydrogens is 392 g/mol. The highest BCUT2D eigenvalue weighted by atomic mass is 15.2. The molecule has 1 aromatic heterocycles. The van der Waals surface area contributed by atoms with Crippen LogP contribution in [0.4, 0.5) is 5.82 Å². The van der Waals surface area contributed by atoms with Crippen LogP contribution in [0.3, 0.4) is 0 Å². The molecule has 0 radical (unpaired) electrons. The molecule has 32 heavy (non-hydrogen) atoms. The Morgan fingerprint density at radius 2 is 1.66 bits per heavy atom. The highest BCUT2D eigenvalue weighted by molar-refractivity contribution is 5.89. The Hall–Kier alpha value is -1.68. The van der Waals surface area contributed by atoms with E-state index in [1.54, 1.807) is 0 Å². The Labute approximate surface area is 194 Å². The van der Waals surface area contributed by atoms with Gasteiger partial charge in [0, 0.05) is 25.9 Å². The average molecular weight is 435 g/mol. The van der Waals surface area contributed by atoms with Gasteiger partial charge in [-0.1, -0.05) is 31.4 Å². The minimum absolute atomic E-state index is 0.668. The number of nitrogens with zero attached hydrogens (tertiary/aromatic N) is 3. The van der Waals surface area contributed by atoms with Gasteiger partial charge in [0.05, 0.1) is 5.52 Å². The number of nitrogens with one attached hydrogen (secondary N) is 1. The fourth-order valence-corrected chi connectivity index (χ4v) is 6.65. The van der Waals surface area contributed by atoms with Crippen LogP contribution in [-0.2, 0) is 6.42 Å². The van der Waals surface area contributed by atoms with Gasteiger partial charge >= 0.3 is 0 Å². The molecule has 1 atom stereocenters. The molecule has 3 aliphatic rings. The molecule has 1 aromatic carbocycles. The standard InChI is InChI=1S/C28H42N4/c1-32(2)27-24-10-6-7-11-25(24)30-26(31-27)13-12-23-18-28(23)16-14-22(15-17-28)20-29-19-21-8-4-3-5-9-21/h6-7,10-11,21-23,29H,3-5,8-9,12-20H2,1-2H3/t22?,23-,28?/m0/s1. The predicted molar refractivity (Wildman–Crippen MR) is 134 cm³/mol. The van der Waals surface area contributed by atoms with E-state index in [4.69, 9.17) is 9.97 Å². The van der Waals surface area contributed by atoms with E-state index in [1.807, 2.05) is 0 Å². The molecule has 1 N–H and O–H groups in total. The van der Waals surface area contributed by atoms with Gasteiger partial charge in [0.25, 0.3) is 0 Å². The molecular formula is C28H42N4. The van der Waals surface area contributed by atoms with Crippen LogP contribution >= 0.6 is 0 Å². The molecule has 1 heterocycles. The van der Waals surface area contributed by atoms with Gasteiger partial charge in [0.1, 0.15) is 11.6 Å². The number of hydrogen-bond donors (Lipinski definition) is 1. The van der Waals surface area contributed by atoms with E-state index in [2.05, 4.69) is 48.6 Å². The Bertz CT molecular complexity index is 893. The average Bonchev–Trinajstić information content (AvgIpc) is 3.50. The van der Waals surface area contributed by atoms with E-state index < -0.39 is 0 Å². The third-order valence-corrected chi connectivity index (χ3v) is 8.82. The molecule has 174 valence electrons. The number of para-hydroxylation sites is 1. The third kappa shape index (κ3) is 4.95. The summed E-state index contributed by atoms with van der Waals surface area (Å²) in [6.07, 6.45) is 16.8. The van der Waals surface area contributed by atoms with Crippen molar-refractivity contribution < 1.29 is 0 Å². The van der Waals surface area contributed by atoms with E-state index in [1.165, 1.54) is 83.7 Å². The highest BCUT2D eigenvalue weighted by Crippen LogP contribution is 2.63. The number of benzene rings is 1. The molecule has 5 rings (SSSR count). The quantitative estimate of drug-likeness (QED) is 0.554. The first-order valence-corrected chi connectivity index (χ1v) is 13.3. The lowest BCUT2D eigenvalue weighted by atomic mass is 9.78. The minimum Gasteiger partial charge on any atom is -0.362 e. The van der Waals surface area contributed by atoms with Crippen LogP contribution in [0.25, 0.3) is 10.9 Å². The first-order chi connectivity index (χ1) is 15.6. The Kier molecular flexibility index (Phi) is 6.69. The molecule has 1 spiro atoms. The van der Waals surface area contributed by atoms with E-state index in [-0.39, 0.29) is 0 Å². The number of rotatable bonds is 8. The molecule has 3 fully saturated rings. The summed E-state index contributed by atoms with van der Waals surface area (Å²) in [5.41, 5.74) is 1.74. The summed E-state index contributed by atoms with van der Waals surface area (Å²) in [7, 11) is 4.16. The number of anilines is 1. The molecule has 0 aliphatic heterocycles. The summed E-state index contributed by atoms with van der Waals surface area (Å²) < 4.78 is 0. The normalized spacial score (nSPS) is 28.3. The Morgan fingerprint density at radius 1 is 0.938 bits per heavy atom. The zero-order chi connectivity index (χ0) is 22.0. The van der Waals surface area contributed by atoms with E-state index in [0.717, 1.165) is 46.7 Å². The van der Waals surface area contributed by atoms with Crippen molar-refractivity contribution in [3.8, 4) is 0 Å². The SMILES string of the molecule is CN(C)c1nc(CC[C@H]2CC23CCC(CNCC2CCCCC2)CC3)nc2ccccc12. The summed E-state index contributed by atoms with van der Waals surface area (Å²) in [6.45, 7) is 2.53. The van der Waals surface area contributed by atoms with Gasteiger partial charge in [-0.2, -0.15) is 0 Å². The summed E-state index contributed by atoms with van der Waals surface area (Å²) >= 11 is 0. The van der Waals surface area contributed by atoms with Crippen LogP contribution in [0.1, 0.15) is 76.5 Å². The molecule has 3 aliphatic carbocycles. The first-order valence-electron chi connectivity index (χ1n) is 13.3. The largest absolute Gasteiger partial charge is 0.362 e. The smallest absolute Gasteiger partial charge is 0.139 e. The lowest BCUT2D eigenvalue weighted by molar-refractivity contribution is 0.226. The van der Waals surface area contributed by atoms with Gasteiger partial charge in [-0.25, -0.2) is 9.97 Å². The van der Waals surface area contributed by atoms with E-state index in [0.29, 0.717) is 5.41 Å². The van der Waals surface area contributed by atoms with E-state index in [9.17, 15) is 0 Å². The van der Waals surface area contributed by atoms with Crippen molar-refractivity contribution in [1.82, 2.24) is 15.3 Å². The lowest BCUT2D eigenvalue weighted by Gasteiger charge is -2.30. The maximum atomic E-state index is 4.92. The van der Waals surface area contributed by atoms with Gasteiger partial charge < -0.3 is 10.2 Å². The van der Waals surface area contributed by atoms with Crippen molar-refractivity contribution in [2.45, 2.75) is 77.0 Å². The number of aryl methyl sites for hydroxylation is 1. The topological polar surface area (TPSA) is 41.1 Å². The second-order valence-corrected chi connectivity index (χ2v) is 11.3. The van der Waals surface area contributed by atoms with Crippen molar-refractivity contribution in [1.29, 1.82) is 0 Å². The first kappa shape index (κ1) is 22.1. The molecule has 0 saturated heterocycles. The van der Waals surface area contributed by atoms with E-state index >= 15 is 0 Å². The van der Waals surface area contributed by atoms with Gasteiger partial charge in [-0.05, 0) is 99.8 Å². The lowest BCUT2D eigenvalue weighted by Crippen LogP contribution is -2.31. The molecule has 0 bridgehead atoms. The highest BCUT2D eigenvalue weighted by Gasteiger charge is 2.53. The molecule has 4 nitrogen and oxygen atoms in total. The van der Waals surface area contributed by atoms with Crippen molar-refractivity contribution >= 4 is 16.7 Å². The van der Waals surface area contributed by atoms with Crippen LogP contribution in [0.2, 0.25) is 0 Å². The summed E-state index contributed by atoms with van der Waals surface area (Å²) in [5.74, 6) is 4.85. The van der Waals surface area contributed by atoms with Crippen LogP contribution in [-0.4, -0.2) is 37.2 Å². The summed E-state index contributed by atoms with van der Waals surface area (Å²) in [5, 5.41) is 4.99. The minimum atomic E-state index is 0.668. The number of aromatic nitrogens is 2. The van der Waals surface area contributed by atoms with Crippen LogP contribution in [0.5, 0.6) is 0 Å². The summed E-state index contributed by atoms with van der Waals surface area (Å²) in [6, 6.07) is 8.41. The fraction of sp³-hybridized carbons (Fsp3) is 0.714. The van der Waals surface area contributed by atoms with Crippen molar-refractivity contribution in [2.75, 3.05) is 32.1 Å². The van der Waals surface area contributed by atoms with Crippen molar-refractivity contribution in [2.24, 2.45) is 23.2 Å². The summed E-state index contributed by atoms with van der Waals surface area (Å²) in [4.78, 5) is 11.9. The Balaban J connectivity index is 1.08. The second-order valence-electron chi connectivity index (χ2n) is 11.3. The van der Waals surface area contributed by atoms with Crippen LogP contribution in [0.15, 0.2) is 24.3 Å². The van der Waals surface area contributed by atoms with Crippen LogP contribution < -0.4 is 10.2 Å². The molecule has 2 aromatic rings. The molecule has 0 amide bonds. The monoisotopic (exact) mass is 434 g/mol. The molecule has 0 unspecified atom stereocenters. The maximum absolute atomic E-state index is 4.92. The zero-order valence-electron chi connectivity index (χ0n) is 20.3. The molecule has 3 saturated carbocycles. The van der Waals surface area contributed by atoms with Gasteiger partial charge in [-0.15, -0.1) is 0 Å². The predicted octanol–water partition coefficient (Wildman–Crippen LogP) is 5.99. The number of hydrogen-bond acceptors (Lipinski definition) is 4. The third-order valence-electron chi connectivity index (χ3n) is 8.82. The van der Waals surface area contributed by atoms with Crippen molar-refractivity contribution in [3.05, 3.63) is 30.1 Å². The Morgan fingerprint density at radius 3 is 2.41 bits per heavy atom. The van der Waals surface area contributed by atoms with Crippen molar-refractivity contribution in [3.63, 3.8) is 0 Å². The molecule has 4 heteroatoms. The van der Waals surface area contributed by atoms with Gasteiger partial charge in [0.2, 0.25) is 0 Å².